The van der Waals surface area contributed by atoms with E-state index in [0.717, 1.165) is 13.3 Å². The maximum absolute atomic E-state index is 11.9. The van der Waals surface area contributed by atoms with Crippen molar-refractivity contribution in [2.75, 3.05) is 0 Å². The highest BCUT2D eigenvalue weighted by Crippen LogP contribution is 2.37. The molecule has 0 aromatic carbocycles. The van der Waals surface area contributed by atoms with Gasteiger partial charge in [-0.2, -0.15) is 8.42 Å². The lowest BCUT2D eigenvalue weighted by molar-refractivity contribution is -0.209. The molecule has 1 aliphatic rings. The van der Waals surface area contributed by atoms with Gasteiger partial charge in [0.2, 0.25) is 0 Å². The molecule has 0 heterocycles. The molecule has 1 rings (SSSR count). The van der Waals surface area contributed by atoms with Gasteiger partial charge < -0.3 is 0 Å². The van der Waals surface area contributed by atoms with Gasteiger partial charge in [-0.05, 0) is 19.8 Å². The molecule has 98 valence electrons. The molecule has 0 amide bonds. The van der Waals surface area contributed by atoms with Crippen LogP contribution in [-0.4, -0.2) is 24.9 Å². The molecular weight excluding hydrogens is 248 g/mol. The highest BCUT2D eigenvalue weighted by atomic mass is 32.2. The van der Waals surface area contributed by atoms with Crippen molar-refractivity contribution in [1.82, 2.24) is 0 Å². The van der Waals surface area contributed by atoms with Crippen molar-refractivity contribution in [2.45, 2.75) is 50.7 Å². The fraction of sp³-hybridized carbons (Fsp3) is 0.800. The second kappa shape index (κ2) is 5.14. The van der Waals surface area contributed by atoms with Gasteiger partial charge in [-0.1, -0.05) is 23.6 Å². The molecule has 0 saturated heterocycles. The lowest BCUT2D eigenvalue weighted by Crippen LogP contribution is -2.47. The number of hydrogen-bond donors (Lipinski definition) is 0. The van der Waals surface area contributed by atoms with Crippen LogP contribution in [0.5, 0.6) is 0 Å². The summed E-state index contributed by atoms with van der Waals surface area (Å²) in [7, 11) is -4.23. The topological polar surface area (TPSA) is 86.7 Å². The lowest BCUT2D eigenvalue weighted by Gasteiger charge is -2.32. The van der Waals surface area contributed by atoms with Gasteiger partial charge in [-0.25, -0.2) is 4.79 Å². The van der Waals surface area contributed by atoms with Crippen molar-refractivity contribution in [2.24, 2.45) is 0 Å². The largest absolute Gasteiger partial charge is 0.340 e. The summed E-state index contributed by atoms with van der Waals surface area (Å²) in [5, 5.41) is 0. The quantitative estimate of drug-likeness (QED) is 0.558. The van der Waals surface area contributed by atoms with Gasteiger partial charge in [0.25, 0.3) is 0 Å². The fourth-order valence-electron chi connectivity index (χ4n) is 2.06. The van der Waals surface area contributed by atoms with E-state index in [2.05, 4.69) is 9.22 Å². The van der Waals surface area contributed by atoms with Crippen molar-refractivity contribution in [3.05, 3.63) is 0 Å². The summed E-state index contributed by atoms with van der Waals surface area (Å²) in [4.78, 5) is 26.2. The van der Waals surface area contributed by atoms with Gasteiger partial charge in [0, 0.05) is 6.92 Å². The van der Waals surface area contributed by atoms with Gasteiger partial charge in [0.05, 0.1) is 0 Å². The first-order chi connectivity index (χ1) is 7.82. The van der Waals surface area contributed by atoms with Crippen molar-refractivity contribution in [3.8, 4) is 0 Å². The molecule has 1 saturated carbocycles. The summed E-state index contributed by atoms with van der Waals surface area (Å²) in [6.45, 7) is 2.25. The molecule has 0 spiro atoms. The maximum atomic E-state index is 11.9. The average Bonchev–Trinajstić information content (AvgIpc) is 2.27. The van der Waals surface area contributed by atoms with Crippen molar-refractivity contribution >= 4 is 21.9 Å². The Hall–Kier alpha value is -0.950. The van der Waals surface area contributed by atoms with Crippen LogP contribution < -0.4 is 0 Å². The first-order valence-corrected chi connectivity index (χ1v) is 6.85. The average molecular weight is 264 g/mol. The minimum absolute atomic E-state index is 0.214. The summed E-state index contributed by atoms with van der Waals surface area (Å²) in [5.41, 5.74) is 0. The predicted octanol–water partition coefficient (Wildman–Crippen LogP) is 1.10. The summed E-state index contributed by atoms with van der Waals surface area (Å²) in [6, 6.07) is 0. The lowest BCUT2D eigenvalue weighted by atomic mass is 9.86. The smallest absolute Gasteiger partial charge is 0.298 e. The van der Waals surface area contributed by atoms with E-state index in [1.807, 2.05) is 0 Å². The Labute approximate surface area is 100 Å². The van der Waals surface area contributed by atoms with Gasteiger partial charge in [-0.15, -0.1) is 0 Å². The van der Waals surface area contributed by atoms with E-state index in [0.29, 0.717) is 12.8 Å². The molecular formula is C10H16O6S. The molecule has 0 bridgehead atoms. The molecule has 6 nitrogen and oxygen atoms in total. The first kappa shape index (κ1) is 14.1. The minimum Gasteiger partial charge on any atom is -0.298 e. The zero-order chi connectivity index (χ0) is 13.1. The first-order valence-electron chi connectivity index (χ1n) is 5.44. The SMILES string of the molecule is CC(=O)OOS(=O)(=O)C1(C(C)=O)CCCCC1. The minimum atomic E-state index is -4.23. The standard InChI is InChI=1S/C10H16O6S/c1-8(11)10(6-4-3-5-7-10)17(13,14)16-15-9(2)12/h3-7H2,1-2H3. The number of ketones is 1. The van der Waals surface area contributed by atoms with Crippen molar-refractivity contribution in [3.63, 3.8) is 0 Å². The Bertz CT molecular complexity index is 405. The monoisotopic (exact) mass is 264 g/mol. The number of rotatable bonds is 4. The molecule has 0 radical (unpaired) electrons. The van der Waals surface area contributed by atoms with Crippen LogP contribution in [0.3, 0.4) is 0 Å². The zero-order valence-corrected chi connectivity index (χ0v) is 10.7. The molecule has 7 heteroatoms. The molecule has 1 aliphatic carbocycles. The van der Waals surface area contributed by atoms with Crippen molar-refractivity contribution < 1.29 is 27.2 Å². The van der Waals surface area contributed by atoms with E-state index in [9.17, 15) is 18.0 Å². The Morgan fingerprint density at radius 1 is 1.06 bits per heavy atom. The third-order valence-corrected chi connectivity index (χ3v) is 4.92. The van der Waals surface area contributed by atoms with Gasteiger partial charge in [0.1, 0.15) is 0 Å². The third kappa shape index (κ3) is 2.84. The Morgan fingerprint density at radius 2 is 1.59 bits per heavy atom. The second-order valence-corrected chi connectivity index (χ2v) is 6.03. The van der Waals surface area contributed by atoms with Crippen LogP contribution in [0.2, 0.25) is 0 Å². The molecule has 0 unspecified atom stereocenters. The predicted molar refractivity (Wildman–Crippen MR) is 58.3 cm³/mol. The number of hydrogen-bond acceptors (Lipinski definition) is 6. The van der Waals surface area contributed by atoms with E-state index >= 15 is 0 Å². The van der Waals surface area contributed by atoms with Crippen molar-refractivity contribution in [1.29, 1.82) is 0 Å². The maximum Gasteiger partial charge on any atom is 0.340 e. The molecule has 17 heavy (non-hydrogen) atoms. The van der Waals surface area contributed by atoms with E-state index in [-0.39, 0.29) is 12.8 Å². The molecule has 1 fully saturated rings. The summed E-state index contributed by atoms with van der Waals surface area (Å²) >= 11 is 0. The fourth-order valence-corrected chi connectivity index (χ4v) is 3.52. The van der Waals surface area contributed by atoms with E-state index < -0.39 is 26.6 Å². The summed E-state index contributed by atoms with van der Waals surface area (Å²) < 4.78 is 26.5. The Kier molecular flexibility index (Phi) is 4.26. The molecule has 0 aliphatic heterocycles. The van der Waals surface area contributed by atoms with Crippen LogP contribution in [-0.2, 0) is 28.9 Å². The van der Waals surface area contributed by atoms with Gasteiger partial charge in [-0.3, -0.25) is 9.68 Å². The molecule has 0 atom stereocenters. The third-order valence-electron chi connectivity index (χ3n) is 3.02. The molecule has 0 aromatic rings. The van der Waals surface area contributed by atoms with Crippen LogP contribution in [0.25, 0.3) is 0 Å². The number of carbonyl (C=O) groups is 2. The van der Waals surface area contributed by atoms with Crippen LogP contribution >= 0.6 is 0 Å². The van der Waals surface area contributed by atoms with Crippen LogP contribution in [0.4, 0.5) is 0 Å². The van der Waals surface area contributed by atoms with E-state index in [1.165, 1.54) is 6.92 Å². The Balaban J connectivity index is 2.97. The molecule has 0 N–H and O–H groups in total. The van der Waals surface area contributed by atoms with Crippen LogP contribution in [0, 0.1) is 0 Å². The second-order valence-electron chi connectivity index (χ2n) is 4.21. The normalized spacial score (nSPS) is 19.6. The highest BCUT2D eigenvalue weighted by molar-refractivity contribution is 7.89. The molecule has 0 aromatic heterocycles. The van der Waals surface area contributed by atoms with Crippen LogP contribution in [0.1, 0.15) is 46.0 Å². The van der Waals surface area contributed by atoms with Gasteiger partial charge in [0.15, 0.2) is 10.5 Å². The highest BCUT2D eigenvalue weighted by Gasteiger charge is 2.51. The van der Waals surface area contributed by atoms with Gasteiger partial charge >= 0.3 is 16.1 Å². The van der Waals surface area contributed by atoms with Crippen LogP contribution in [0.15, 0.2) is 0 Å². The van der Waals surface area contributed by atoms with E-state index in [4.69, 9.17) is 0 Å². The zero-order valence-electron chi connectivity index (χ0n) is 9.89. The number of carbonyl (C=O) groups excluding carboxylic acids is 2. The summed E-state index contributed by atoms with van der Waals surface area (Å²) in [5.74, 6) is -1.34. The number of Topliss-reactive ketones (excluding diaryl/α,β-unsaturated/α-hetero) is 1. The summed E-state index contributed by atoms with van der Waals surface area (Å²) in [6.07, 6.45) is 2.60. The Morgan fingerprint density at radius 3 is 2.00 bits per heavy atom. The van der Waals surface area contributed by atoms with E-state index in [1.54, 1.807) is 0 Å².